The maximum Gasteiger partial charge on any atom is 0.295 e. The van der Waals surface area contributed by atoms with Crippen molar-refractivity contribution in [1.82, 2.24) is 9.80 Å². The van der Waals surface area contributed by atoms with Crippen molar-refractivity contribution in [3.8, 4) is 11.5 Å². The number of hydrogen-bond donors (Lipinski definition) is 2. The Bertz CT molecular complexity index is 1070. The highest BCUT2D eigenvalue weighted by atomic mass is 16.5. The summed E-state index contributed by atoms with van der Waals surface area (Å²) in [5.41, 5.74) is 2.86. The lowest BCUT2D eigenvalue weighted by atomic mass is 9.93. The lowest BCUT2D eigenvalue weighted by molar-refractivity contribution is -0.140. The Labute approximate surface area is 188 Å². The van der Waals surface area contributed by atoms with Gasteiger partial charge in [0, 0.05) is 18.7 Å². The van der Waals surface area contributed by atoms with Crippen LogP contribution in [0.15, 0.2) is 42.0 Å². The number of aryl methyl sites for hydroxylation is 2. The van der Waals surface area contributed by atoms with E-state index in [1.165, 1.54) is 11.0 Å². The third-order valence-corrected chi connectivity index (χ3v) is 5.58. The van der Waals surface area contributed by atoms with E-state index < -0.39 is 17.7 Å². The minimum atomic E-state index is -0.797. The smallest absolute Gasteiger partial charge is 0.295 e. The van der Waals surface area contributed by atoms with E-state index in [0.29, 0.717) is 30.8 Å². The Morgan fingerprint density at radius 3 is 2.50 bits per heavy atom. The zero-order valence-electron chi connectivity index (χ0n) is 19.2. The summed E-state index contributed by atoms with van der Waals surface area (Å²) in [6.07, 6.45) is 0. The number of amides is 1. The molecule has 1 amide bonds. The van der Waals surface area contributed by atoms with E-state index in [0.717, 1.165) is 11.1 Å². The Kier molecular flexibility index (Phi) is 6.89. The highest BCUT2D eigenvalue weighted by molar-refractivity contribution is 6.46. The first-order valence-corrected chi connectivity index (χ1v) is 10.6. The lowest BCUT2D eigenvalue weighted by Crippen LogP contribution is -2.35. The molecule has 0 unspecified atom stereocenters. The van der Waals surface area contributed by atoms with E-state index in [4.69, 9.17) is 4.74 Å². The highest BCUT2D eigenvalue weighted by Crippen LogP contribution is 2.42. The Morgan fingerprint density at radius 2 is 1.84 bits per heavy atom. The fourth-order valence-electron chi connectivity index (χ4n) is 3.87. The quantitative estimate of drug-likeness (QED) is 0.391. The number of phenols is 1. The van der Waals surface area contributed by atoms with Gasteiger partial charge in [0.2, 0.25) is 0 Å². The zero-order valence-corrected chi connectivity index (χ0v) is 19.2. The van der Waals surface area contributed by atoms with Crippen LogP contribution >= 0.6 is 0 Å². The van der Waals surface area contributed by atoms with Gasteiger partial charge in [-0.3, -0.25) is 9.59 Å². The van der Waals surface area contributed by atoms with Crippen molar-refractivity contribution >= 4 is 17.4 Å². The van der Waals surface area contributed by atoms with Crippen molar-refractivity contribution in [2.45, 2.75) is 26.8 Å². The van der Waals surface area contributed by atoms with Crippen LogP contribution in [0.5, 0.6) is 11.5 Å². The fourth-order valence-corrected chi connectivity index (χ4v) is 3.87. The molecule has 0 spiro atoms. The molecule has 0 bridgehead atoms. The van der Waals surface area contributed by atoms with Gasteiger partial charge < -0.3 is 24.7 Å². The molecule has 0 saturated carbocycles. The minimum absolute atomic E-state index is 0.0321. The first kappa shape index (κ1) is 23.3. The predicted molar refractivity (Wildman–Crippen MR) is 123 cm³/mol. The number of ether oxygens (including phenoxy) is 1. The summed E-state index contributed by atoms with van der Waals surface area (Å²) in [6, 6.07) is 9.54. The number of nitrogens with zero attached hydrogens (tertiary/aromatic N) is 2. The number of likely N-dealkylation sites (tertiary alicyclic amines) is 1. The summed E-state index contributed by atoms with van der Waals surface area (Å²) in [5.74, 6) is -1.36. The number of phenolic OH excluding ortho intramolecular Hbond substituents is 1. The third kappa shape index (κ3) is 4.48. The van der Waals surface area contributed by atoms with Crippen molar-refractivity contribution in [3.63, 3.8) is 0 Å². The number of Topliss-reactive ketones (excluding diaryl/α,β-unsaturated/α-hetero) is 1. The maximum atomic E-state index is 13.1. The zero-order chi connectivity index (χ0) is 23.6. The molecule has 2 aromatic rings. The average molecular weight is 439 g/mol. The molecule has 1 aliphatic rings. The van der Waals surface area contributed by atoms with Gasteiger partial charge in [-0.05, 0) is 64.2 Å². The molecule has 7 heteroatoms. The van der Waals surface area contributed by atoms with Crippen molar-refractivity contribution in [2.75, 3.05) is 33.8 Å². The van der Waals surface area contributed by atoms with Crippen LogP contribution in [0.4, 0.5) is 0 Å². The molecule has 2 aromatic carbocycles. The van der Waals surface area contributed by atoms with Crippen LogP contribution in [0.25, 0.3) is 5.76 Å². The summed E-state index contributed by atoms with van der Waals surface area (Å²) in [5, 5.41) is 21.4. The number of benzene rings is 2. The van der Waals surface area contributed by atoms with E-state index in [9.17, 15) is 19.8 Å². The fraction of sp³-hybridized carbons (Fsp3) is 0.360. The maximum absolute atomic E-state index is 13.1. The molecule has 0 aliphatic carbocycles. The van der Waals surface area contributed by atoms with Gasteiger partial charge in [-0.1, -0.05) is 23.8 Å². The Morgan fingerprint density at radius 1 is 1.12 bits per heavy atom. The van der Waals surface area contributed by atoms with Gasteiger partial charge in [0.25, 0.3) is 11.7 Å². The predicted octanol–water partition coefficient (Wildman–Crippen LogP) is 3.39. The van der Waals surface area contributed by atoms with Crippen molar-refractivity contribution in [3.05, 3.63) is 64.2 Å². The van der Waals surface area contributed by atoms with Crippen molar-refractivity contribution in [2.24, 2.45) is 0 Å². The van der Waals surface area contributed by atoms with Gasteiger partial charge in [-0.2, -0.15) is 0 Å². The standard InChI is InChI=1S/C25H30N2O5/c1-6-32-20-14-17(9-10-19(20)28)22-21(23(29)18-13-15(2)7-8-16(18)3)24(30)25(31)27(22)12-11-26(4)5/h7-10,13-14,22,28-29H,6,11-12H2,1-5H3/t22-/m0/s1. The SMILES string of the molecule is CCOc1cc([C@H]2C(=C(O)c3cc(C)ccc3C)C(=O)C(=O)N2CCN(C)C)ccc1O. The first-order chi connectivity index (χ1) is 15.1. The summed E-state index contributed by atoms with van der Waals surface area (Å²) < 4.78 is 5.51. The number of ketones is 1. The van der Waals surface area contributed by atoms with Crippen molar-refractivity contribution < 1.29 is 24.5 Å². The largest absolute Gasteiger partial charge is 0.507 e. The van der Waals surface area contributed by atoms with Gasteiger partial charge >= 0.3 is 0 Å². The van der Waals surface area contributed by atoms with Gasteiger partial charge in [0.15, 0.2) is 11.5 Å². The van der Waals surface area contributed by atoms with Crippen LogP contribution in [-0.4, -0.2) is 65.5 Å². The lowest BCUT2D eigenvalue weighted by Gasteiger charge is -2.27. The number of aliphatic hydroxyl groups is 1. The van der Waals surface area contributed by atoms with Crippen LogP contribution in [-0.2, 0) is 9.59 Å². The molecule has 170 valence electrons. The van der Waals surface area contributed by atoms with E-state index >= 15 is 0 Å². The third-order valence-electron chi connectivity index (χ3n) is 5.58. The van der Waals surface area contributed by atoms with E-state index in [1.54, 1.807) is 25.1 Å². The van der Waals surface area contributed by atoms with Crippen LogP contribution in [0, 0.1) is 13.8 Å². The molecule has 1 aliphatic heterocycles. The summed E-state index contributed by atoms with van der Waals surface area (Å²) in [7, 11) is 3.77. The molecule has 7 nitrogen and oxygen atoms in total. The molecule has 1 fully saturated rings. The molecular weight excluding hydrogens is 408 g/mol. The van der Waals surface area contributed by atoms with Crippen LogP contribution in [0.2, 0.25) is 0 Å². The topological polar surface area (TPSA) is 90.3 Å². The van der Waals surface area contributed by atoms with E-state index in [2.05, 4.69) is 0 Å². The molecule has 32 heavy (non-hydrogen) atoms. The van der Waals surface area contributed by atoms with Crippen LogP contribution in [0.1, 0.15) is 35.2 Å². The van der Waals surface area contributed by atoms with Gasteiger partial charge in [-0.25, -0.2) is 0 Å². The number of likely N-dealkylation sites (N-methyl/N-ethyl adjacent to an activating group) is 1. The normalized spacial score (nSPS) is 17.9. The molecule has 3 rings (SSSR count). The van der Waals surface area contributed by atoms with Crippen LogP contribution < -0.4 is 4.74 Å². The van der Waals surface area contributed by atoms with Gasteiger partial charge in [0.05, 0.1) is 18.2 Å². The number of hydrogen-bond acceptors (Lipinski definition) is 6. The molecule has 2 N–H and O–H groups in total. The Hall–Kier alpha value is -3.32. The van der Waals surface area contributed by atoms with E-state index in [1.807, 2.05) is 45.0 Å². The van der Waals surface area contributed by atoms with Crippen LogP contribution in [0.3, 0.4) is 0 Å². The number of carbonyl (C=O) groups is 2. The average Bonchev–Trinajstić information content (AvgIpc) is 3.00. The van der Waals surface area contributed by atoms with Gasteiger partial charge in [-0.15, -0.1) is 0 Å². The summed E-state index contributed by atoms with van der Waals surface area (Å²) in [4.78, 5) is 29.5. The summed E-state index contributed by atoms with van der Waals surface area (Å²) >= 11 is 0. The van der Waals surface area contributed by atoms with Gasteiger partial charge in [0.1, 0.15) is 5.76 Å². The molecule has 1 atom stereocenters. The number of carbonyl (C=O) groups excluding carboxylic acids is 2. The number of aliphatic hydroxyl groups excluding tert-OH is 1. The minimum Gasteiger partial charge on any atom is -0.507 e. The van der Waals surface area contributed by atoms with Crippen molar-refractivity contribution in [1.29, 1.82) is 0 Å². The molecule has 1 saturated heterocycles. The molecular formula is C25H30N2O5. The summed E-state index contributed by atoms with van der Waals surface area (Å²) in [6.45, 7) is 6.74. The van der Waals surface area contributed by atoms with E-state index in [-0.39, 0.29) is 22.8 Å². The first-order valence-electron chi connectivity index (χ1n) is 10.6. The second-order valence-electron chi connectivity index (χ2n) is 8.27. The highest BCUT2D eigenvalue weighted by Gasteiger charge is 2.46. The molecule has 0 aromatic heterocycles. The molecule has 0 radical (unpaired) electrons. The second kappa shape index (κ2) is 9.44. The number of rotatable bonds is 7. The number of aromatic hydroxyl groups is 1. The molecule has 1 heterocycles. The Balaban J connectivity index is 2.22. The monoisotopic (exact) mass is 438 g/mol. The second-order valence-corrected chi connectivity index (χ2v) is 8.27.